The van der Waals surface area contributed by atoms with Gasteiger partial charge in [-0.05, 0) is 48.9 Å². The Labute approximate surface area is 192 Å². The van der Waals surface area contributed by atoms with Gasteiger partial charge in [0.1, 0.15) is 17.6 Å². The molecular formula is C24H29N3O4S. The van der Waals surface area contributed by atoms with Gasteiger partial charge in [0.2, 0.25) is 0 Å². The monoisotopic (exact) mass is 455 g/mol. The van der Waals surface area contributed by atoms with Gasteiger partial charge in [-0.25, -0.2) is 9.78 Å². The van der Waals surface area contributed by atoms with Crippen molar-refractivity contribution < 1.29 is 19.0 Å². The molecule has 1 aromatic heterocycles. The number of benzene rings is 2. The standard InChI is InChI=1S/C24H29N3O4S/c1-3-4-15-30-18-7-5-17(6-8-18)25-23(28)27-13-11-19(12-14-27)31-24-26-21-10-9-20(29-2)16-22(21)32-24/h5-10,16,19H,3-4,11-15H2,1-2H3,(H,25,28). The second-order valence-corrected chi connectivity index (χ2v) is 8.77. The molecule has 2 amide bonds. The van der Waals surface area contributed by atoms with Gasteiger partial charge < -0.3 is 24.4 Å². The van der Waals surface area contributed by atoms with Crippen molar-refractivity contribution in [1.82, 2.24) is 9.88 Å². The Balaban J connectivity index is 1.25. The summed E-state index contributed by atoms with van der Waals surface area (Å²) >= 11 is 1.52. The second kappa shape index (κ2) is 10.5. The number of likely N-dealkylation sites (tertiary alicyclic amines) is 1. The minimum absolute atomic E-state index is 0.0565. The fourth-order valence-electron chi connectivity index (χ4n) is 3.55. The highest BCUT2D eigenvalue weighted by Crippen LogP contribution is 2.32. The fourth-order valence-corrected chi connectivity index (χ4v) is 4.46. The zero-order valence-corrected chi connectivity index (χ0v) is 19.3. The lowest BCUT2D eigenvalue weighted by Crippen LogP contribution is -2.43. The Morgan fingerprint density at radius 1 is 1.16 bits per heavy atom. The van der Waals surface area contributed by atoms with E-state index in [1.54, 1.807) is 7.11 Å². The number of aromatic nitrogens is 1. The van der Waals surface area contributed by atoms with Crippen LogP contribution in [0.3, 0.4) is 0 Å². The van der Waals surface area contributed by atoms with Gasteiger partial charge in [-0.2, -0.15) is 0 Å². The summed E-state index contributed by atoms with van der Waals surface area (Å²) in [7, 11) is 1.65. The van der Waals surface area contributed by atoms with E-state index >= 15 is 0 Å². The predicted molar refractivity (Wildman–Crippen MR) is 127 cm³/mol. The topological polar surface area (TPSA) is 72.9 Å². The maximum Gasteiger partial charge on any atom is 0.321 e. The number of hydrogen-bond acceptors (Lipinski definition) is 6. The predicted octanol–water partition coefficient (Wildman–Crippen LogP) is 5.56. The van der Waals surface area contributed by atoms with Gasteiger partial charge >= 0.3 is 6.03 Å². The molecular weight excluding hydrogens is 426 g/mol. The van der Waals surface area contributed by atoms with Crippen LogP contribution in [0.5, 0.6) is 16.7 Å². The van der Waals surface area contributed by atoms with Crippen molar-refractivity contribution in [2.45, 2.75) is 38.7 Å². The Morgan fingerprint density at radius 2 is 1.91 bits per heavy atom. The highest BCUT2D eigenvalue weighted by Gasteiger charge is 2.25. The number of urea groups is 1. The Bertz CT molecular complexity index is 1030. The lowest BCUT2D eigenvalue weighted by molar-refractivity contribution is 0.115. The zero-order valence-electron chi connectivity index (χ0n) is 18.5. The van der Waals surface area contributed by atoms with Crippen molar-refractivity contribution in [3.63, 3.8) is 0 Å². The molecule has 0 atom stereocenters. The third-order valence-electron chi connectivity index (χ3n) is 5.44. The first-order chi connectivity index (χ1) is 15.6. The molecule has 2 aromatic carbocycles. The van der Waals surface area contributed by atoms with Gasteiger partial charge in [0.25, 0.3) is 5.19 Å². The smallest absolute Gasteiger partial charge is 0.321 e. The second-order valence-electron chi connectivity index (χ2n) is 7.77. The van der Waals surface area contributed by atoms with Crippen LogP contribution in [0.2, 0.25) is 0 Å². The van der Waals surface area contributed by atoms with Crippen LogP contribution < -0.4 is 19.5 Å². The van der Waals surface area contributed by atoms with Crippen LogP contribution in [0.15, 0.2) is 42.5 Å². The van der Waals surface area contributed by atoms with Crippen molar-refractivity contribution in [3.05, 3.63) is 42.5 Å². The summed E-state index contributed by atoms with van der Waals surface area (Å²) in [6.45, 7) is 4.14. The number of anilines is 1. The lowest BCUT2D eigenvalue weighted by Gasteiger charge is -2.31. The number of fused-ring (bicyclic) bond motifs is 1. The zero-order chi connectivity index (χ0) is 22.3. The van der Waals surface area contributed by atoms with Crippen molar-refractivity contribution in [2.75, 3.05) is 32.1 Å². The number of rotatable bonds is 8. The minimum atomic E-state index is -0.0878. The fraction of sp³-hybridized carbons (Fsp3) is 0.417. The Hall–Kier alpha value is -3.00. The number of ether oxygens (including phenoxy) is 3. The lowest BCUT2D eigenvalue weighted by atomic mass is 10.1. The number of nitrogens with one attached hydrogen (secondary N) is 1. The number of carbonyl (C=O) groups is 1. The number of unbranched alkanes of at least 4 members (excludes halogenated alkanes) is 1. The van der Waals surface area contributed by atoms with E-state index in [2.05, 4.69) is 17.2 Å². The first-order valence-corrected chi connectivity index (χ1v) is 11.9. The van der Waals surface area contributed by atoms with E-state index in [1.165, 1.54) is 11.3 Å². The van der Waals surface area contributed by atoms with Crippen molar-refractivity contribution >= 4 is 33.3 Å². The largest absolute Gasteiger partial charge is 0.497 e. The molecule has 8 heteroatoms. The van der Waals surface area contributed by atoms with Crippen LogP contribution in [0, 0.1) is 0 Å². The first-order valence-electron chi connectivity index (χ1n) is 11.0. The molecule has 3 aromatic rings. The Morgan fingerprint density at radius 3 is 2.62 bits per heavy atom. The van der Waals surface area contributed by atoms with Gasteiger partial charge in [-0.1, -0.05) is 24.7 Å². The molecule has 32 heavy (non-hydrogen) atoms. The van der Waals surface area contributed by atoms with Crippen LogP contribution in [-0.2, 0) is 0 Å². The van der Waals surface area contributed by atoms with Crippen LogP contribution in [0.25, 0.3) is 10.2 Å². The van der Waals surface area contributed by atoms with Crippen LogP contribution in [0.4, 0.5) is 10.5 Å². The number of piperidine rings is 1. The van der Waals surface area contributed by atoms with Crippen molar-refractivity contribution in [3.8, 4) is 16.7 Å². The summed E-state index contributed by atoms with van der Waals surface area (Å²) < 4.78 is 18.1. The van der Waals surface area contributed by atoms with Gasteiger partial charge in [-0.3, -0.25) is 0 Å². The summed E-state index contributed by atoms with van der Waals surface area (Å²) in [6.07, 6.45) is 3.74. The number of nitrogens with zero attached hydrogens (tertiary/aromatic N) is 2. The molecule has 0 unspecified atom stereocenters. The number of thiazole rings is 1. The molecule has 0 saturated carbocycles. The number of hydrogen-bond donors (Lipinski definition) is 1. The molecule has 1 N–H and O–H groups in total. The summed E-state index contributed by atoms with van der Waals surface area (Å²) in [5.74, 6) is 1.63. The molecule has 7 nitrogen and oxygen atoms in total. The molecule has 2 heterocycles. The highest BCUT2D eigenvalue weighted by molar-refractivity contribution is 7.20. The van der Waals surface area contributed by atoms with Gasteiger partial charge in [0.15, 0.2) is 0 Å². The summed E-state index contributed by atoms with van der Waals surface area (Å²) in [5, 5.41) is 3.63. The van der Waals surface area contributed by atoms with E-state index in [0.717, 1.165) is 53.1 Å². The molecule has 1 fully saturated rings. The molecule has 0 aliphatic carbocycles. The van der Waals surface area contributed by atoms with E-state index in [1.807, 2.05) is 47.4 Å². The number of amides is 2. The molecule has 1 aliphatic rings. The third kappa shape index (κ3) is 5.62. The highest BCUT2D eigenvalue weighted by atomic mass is 32.1. The van der Waals surface area contributed by atoms with Gasteiger partial charge in [0, 0.05) is 31.6 Å². The van der Waals surface area contributed by atoms with E-state index in [4.69, 9.17) is 14.2 Å². The quantitative estimate of drug-likeness (QED) is 0.450. The summed E-state index contributed by atoms with van der Waals surface area (Å²) in [4.78, 5) is 19.0. The molecule has 0 radical (unpaired) electrons. The average Bonchev–Trinajstić information content (AvgIpc) is 3.22. The van der Waals surface area contributed by atoms with E-state index < -0.39 is 0 Å². The van der Waals surface area contributed by atoms with Crippen LogP contribution >= 0.6 is 11.3 Å². The van der Waals surface area contributed by atoms with Crippen LogP contribution in [-0.4, -0.2) is 48.8 Å². The normalized spacial score (nSPS) is 14.4. The molecule has 170 valence electrons. The maximum atomic E-state index is 12.6. The number of carbonyl (C=O) groups excluding carboxylic acids is 1. The minimum Gasteiger partial charge on any atom is -0.497 e. The Kier molecular flexibility index (Phi) is 7.32. The number of methoxy groups -OCH3 is 1. The first kappa shape index (κ1) is 22.2. The average molecular weight is 456 g/mol. The molecule has 0 bridgehead atoms. The summed E-state index contributed by atoms with van der Waals surface area (Å²) in [6, 6.07) is 13.2. The van der Waals surface area contributed by atoms with Gasteiger partial charge in [0.05, 0.1) is 23.9 Å². The van der Waals surface area contributed by atoms with Gasteiger partial charge in [-0.15, -0.1) is 0 Å². The van der Waals surface area contributed by atoms with Crippen molar-refractivity contribution in [1.29, 1.82) is 0 Å². The molecule has 4 rings (SSSR count). The van der Waals surface area contributed by atoms with Crippen molar-refractivity contribution in [2.24, 2.45) is 0 Å². The summed E-state index contributed by atoms with van der Waals surface area (Å²) in [5.41, 5.74) is 1.67. The van der Waals surface area contributed by atoms with E-state index in [9.17, 15) is 4.79 Å². The van der Waals surface area contributed by atoms with E-state index in [0.29, 0.717) is 24.9 Å². The van der Waals surface area contributed by atoms with Crippen LogP contribution in [0.1, 0.15) is 32.6 Å². The molecule has 0 spiro atoms. The maximum absolute atomic E-state index is 12.6. The third-order valence-corrected chi connectivity index (χ3v) is 6.35. The molecule has 1 aliphatic heterocycles. The SMILES string of the molecule is CCCCOc1ccc(NC(=O)N2CCC(Oc3nc4ccc(OC)cc4s3)CC2)cc1. The molecule has 1 saturated heterocycles. The van der Waals surface area contributed by atoms with E-state index in [-0.39, 0.29) is 12.1 Å².